The fourth-order valence-electron chi connectivity index (χ4n) is 6.16. The number of anilines is 1. The van der Waals surface area contributed by atoms with E-state index in [1.165, 1.54) is 11.1 Å². The molecule has 0 spiro atoms. The molecule has 6 heteroatoms. The number of para-hydroxylation sites is 2. The van der Waals surface area contributed by atoms with Crippen LogP contribution in [-0.2, 0) is 27.4 Å². The number of hydrogen-bond donors (Lipinski definition) is 1. The molecule has 0 unspecified atom stereocenters. The van der Waals surface area contributed by atoms with Gasteiger partial charge in [-0.05, 0) is 52.6 Å². The number of phenols is 1. The van der Waals surface area contributed by atoms with Gasteiger partial charge >= 0.3 is 0 Å². The predicted molar refractivity (Wildman–Crippen MR) is 169 cm³/mol. The molecular formula is C37H34N3O2Pt-. The first kappa shape index (κ1) is 26.7. The van der Waals surface area contributed by atoms with Crippen LogP contribution in [0, 0.1) is 6.07 Å². The number of aromatic hydroxyl groups is 1. The van der Waals surface area contributed by atoms with Crippen molar-refractivity contribution in [3.63, 3.8) is 0 Å². The molecule has 0 amide bonds. The third kappa shape index (κ3) is 5.14. The minimum atomic E-state index is -1.64. The summed E-state index contributed by atoms with van der Waals surface area (Å²) in [6.45, 7) is 8.79. The molecule has 4 aromatic carbocycles. The Morgan fingerprint density at radius 3 is 2.37 bits per heavy atom. The van der Waals surface area contributed by atoms with E-state index in [1.54, 1.807) is 18.2 Å². The van der Waals surface area contributed by atoms with Gasteiger partial charge in [0.1, 0.15) is 11.3 Å². The van der Waals surface area contributed by atoms with Crippen LogP contribution in [0.2, 0.25) is 0 Å². The summed E-state index contributed by atoms with van der Waals surface area (Å²) in [5.41, 5.74) is 6.31. The van der Waals surface area contributed by atoms with Gasteiger partial charge < -0.3 is 19.7 Å². The maximum absolute atomic E-state index is 10.3. The Balaban J connectivity index is 0.00000357. The molecule has 7 rings (SSSR count). The summed E-state index contributed by atoms with van der Waals surface area (Å²) < 4.78 is 24.6. The molecule has 0 saturated heterocycles. The number of phenolic OH excluding ortho intramolecular Hbond substituents is 1. The summed E-state index contributed by atoms with van der Waals surface area (Å²) >= 11 is 0. The van der Waals surface area contributed by atoms with E-state index < -0.39 is 12.4 Å². The van der Waals surface area contributed by atoms with Crippen molar-refractivity contribution < 1.29 is 33.7 Å². The standard InChI is InChI=1S/C37H34N3O2.Pt/c1-22(2)28-15-9-16-29(23(3)4)35(28)40-36-30-14-6-5-10-25(30)21-31(36)38-37(40)26-12-7-13-27(20-26)42-33-19-18-24-11-8-17-32(41)34(24)39-33;/h5-19,22-23,31,36,41H,21H2,1-4H3;/q-1;/t31-,36-;/m0./s1/i21D2;. The minimum absolute atomic E-state index is 0. The van der Waals surface area contributed by atoms with Gasteiger partial charge in [0.05, 0.1) is 17.9 Å². The molecule has 0 bridgehead atoms. The zero-order valence-corrected chi connectivity index (χ0v) is 26.8. The quantitative estimate of drug-likeness (QED) is 0.177. The smallest absolute Gasteiger partial charge is 0.217 e. The summed E-state index contributed by atoms with van der Waals surface area (Å²) in [5, 5.41) is 11.1. The van der Waals surface area contributed by atoms with Gasteiger partial charge in [0.15, 0.2) is 0 Å². The summed E-state index contributed by atoms with van der Waals surface area (Å²) in [6.07, 6.45) is -1.64. The molecule has 1 aliphatic carbocycles. The molecule has 2 heterocycles. The number of hydrogen-bond acceptors (Lipinski definition) is 5. The molecule has 2 atom stereocenters. The Kier molecular flexibility index (Phi) is 7.20. The van der Waals surface area contributed by atoms with E-state index in [9.17, 15) is 7.85 Å². The Morgan fingerprint density at radius 2 is 1.60 bits per heavy atom. The minimum Gasteiger partial charge on any atom is -0.506 e. The van der Waals surface area contributed by atoms with Crippen LogP contribution >= 0.6 is 0 Å². The molecule has 1 aliphatic heterocycles. The number of benzene rings is 4. The van der Waals surface area contributed by atoms with Gasteiger partial charge in [-0.2, -0.15) is 0 Å². The SMILES string of the molecule is [2H]C1([2H])c2ccccc2[C@H]2[C@H]1N=C(c1[c-]c(Oc3ccc4cccc(O)c4n3)ccc1)N2c1c(C(C)C)cccc1C(C)C.[Pt]. The fraction of sp³-hybridized carbons (Fsp3) is 0.243. The van der Waals surface area contributed by atoms with Gasteiger partial charge in [0.2, 0.25) is 5.88 Å². The first-order valence-electron chi connectivity index (χ1n) is 15.5. The second-order valence-electron chi connectivity index (χ2n) is 11.6. The van der Waals surface area contributed by atoms with Crippen molar-refractivity contribution >= 4 is 22.4 Å². The molecule has 1 aromatic heterocycles. The number of aromatic nitrogens is 1. The van der Waals surface area contributed by atoms with Gasteiger partial charge in [-0.25, -0.2) is 4.98 Å². The van der Waals surface area contributed by atoms with Crippen molar-refractivity contribution in [1.29, 1.82) is 0 Å². The summed E-state index contributed by atoms with van der Waals surface area (Å²) in [5.74, 6) is 2.04. The monoisotopic (exact) mass is 749 g/mol. The van der Waals surface area contributed by atoms with Crippen molar-refractivity contribution in [2.24, 2.45) is 4.99 Å². The maximum Gasteiger partial charge on any atom is 0.217 e. The van der Waals surface area contributed by atoms with Gasteiger partial charge in [-0.15, -0.1) is 23.8 Å². The maximum atomic E-state index is 10.3. The molecule has 43 heavy (non-hydrogen) atoms. The van der Waals surface area contributed by atoms with Crippen LogP contribution in [0.25, 0.3) is 10.9 Å². The number of nitrogens with zero attached hydrogens (tertiary/aromatic N) is 3. The Labute approximate surface area is 270 Å². The van der Waals surface area contributed by atoms with E-state index >= 15 is 0 Å². The molecule has 5 aromatic rings. The van der Waals surface area contributed by atoms with E-state index in [-0.39, 0.29) is 44.7 Å². The largest absolute Gasteiger partial charge is 0.506 e. The molecule has 1 N–H and O–H groups in total. The number of rotatable bonds is 6. The van der Waals surface area contributed by atoms with Crippen LogP contribution in [-0.4, -0.2) is 22.0 Å². The van der Waals surface area contributed by atoms with Crippen LogP contribution in [0.4, 0.5) is 5.69 Å². The number of amidine groups is 1. The average Bonchev–Trinajstić information content (AvgIpc) is 3.51. The Morgan fingerprint density at radius 1 is 0.884 bits per heavy atom. The first-order chi connectivity index (χ1) is 21.1. The molecule has 0 saturated carbocycles. The number of aliphatic imine (C=N–C) groups is 1. The van der Waals surface area contributed by atoms with Crippen LogP contribution in [0.1, 0.15) is 76.1 Å². The normalized spacial score (nSPS) is 19.0. The van der Waals surface area contributed by atoms with Crippen molar-refractivity contribution in [3.8, 4) is 17.4 Å². The molecule has 2 aliphatic rings. The van der Waals surface area contributed by atoms with E-state index in [0.29, 0.717) is 34.1 Å². The number of pyridine rings is 1. The molecule has 220 valence electrons. The van der Waals surface area contributed by atoms with Crippen molar-refractivity contribution in [2.45, 2.75) is 58.0 Å². The molecule has 0 radical (unpaired) electrons. The van der Waals surface area contributed by atoms with Crippen LogP contribution in [0.15, 0.2) is 96.0 Å². The van der Waals surface area contributed by atoms with Crippen LogP contribution in [0.3, 0.4) is 0 Å². The van der Waals surface area contributed by atoms with E-state index in [2.05, 4.69) is 61.8 Å². The van der Waals surface area contributed by atoms with Crippen molar-refractivity contribution in [1.82, 2.24) is 4.98 Å². The average molecular weight is 750 g/mol. The second kappa shape index (κ2) is 11.6. The van der Waals surface area contributed by atoms with Crippen LogP contribution in [0.5, 0.6) is 17.4 Å². The second-order valence-corrected chi connectivity index (χ2v) is 11.6. The van der Waals surface area contributed by atoms with Crippen molar-refractivity contribution in [3.05, 3.63) is 125 Å². The van der Waals surface area contributed by atoms with Crippen molar-refractivity contribution in [2.75, 3.05) is 4.90 Å². The zero-order valence-electron chi connectivity index (χ0n) is 26.5. The first-order valence-corrected chi connectivity index (χ1v) is 14.5. The van der Waals surface area contributed by atoms with Gasteiger partial charge in [-0.1, -0.05) is 88.4 Å². The van der Waals surface area contributed by atoms with Gasteiger partial charge in [-0.3, -0.25) is 0 Å². The Hall–Kier alpha value is -3.95. The Bertz CT molecular complexity index is 1910. The third-order valence-electron chi connectivity index (χ3n) is 8.13. The number of ether oxygens (including phenoxy) is 1. The fourth-order valence-corrected chi connectivity index (χ4v) is 6.16. The summed E-state index contributed by atoms with van der Waals surface area (Å²) in [4.78, 5) is 12.0. The predicted octanol–water partition coefficient (Wildman–Crippen LogP) is 8.71. The zero-order chi connectivity index (χ0) is 30.7. The summed E-state index contributed by atoms with van der Waals surface area (Å²) in [6, 6.07) is 31.4. The summed E-state index contributed by atoms with van der Waals surface area (Å²) in [7, 11) is 0. The van der Waals surface area contributed by atoms with E-state index in [4.69, 9.17) is 9.73 Å². The van der Waals surface area contributed by atoms with E-state index in [1.807, 2.05) is 54.6 Å². The van der Waals surface area contributed by atoms with E-state index in [0.717, 1.165) is 16.6 Å². The molecule has 5 nitrogen and oxygen atoms in total. The van der Waals surface area contributed by atoms with Gasteiger partial charge in [0.25, 0.3) is 0 Å². The molecular weight excluding hydrogens is 714 g/mol. The van der Waals surface area contributed by atoms with Crippen LogP contribution < -0.4 is 9.64 Å². The third-order valence-corrected chi connectivity index (χ3v) is 8.13. The molecule has 0 fully saturated rings. The van der Waals surface area contributed by atoms with Gasteiger partial charge in [0, 0.05) is 46.7 Å². The number of fused-ring (bicyclic) bond motifs is 4. The topological polar surface area (TPSA) is 58.0 Å².